The third kappa shape index (κ3) is 2.61. The zero-order valence-electron chi connectivity index (χ0n) is 6.96. The molecular formula is C9H8Cl2O2. The summed E-state index contributed by atoms with van der Waals surface area (Å²) >= 11 is 10.8. The topological polar surface area (TPSA) is 26.3 Å². The third-order valence-corrected chi connectivity index (χ3v) is 1.97. The predicted molar refractivity (Wildman–Crippen MR) is 52.8 cm³/mol. The molecule has 0 saturated heterocycles. The van der Waals surface area contributed by atoms with E-state index in [4.69, 9.17) is 27.9 Å². The van der Waals surface area contributed by atoms with Crippen molar-refractivity contribution in [2.45, 2.75) is 4.84 Å². The van der Waals surface area contributed by atoms with Crippen LogP contribution in [0, 0.1) is 0 Å². The molecule has 0 radical (unpaired) electrons. The van der Waals surface area contributed by atoms with Gasteiger partial charge in [0.05, 0.1) is 7.11 Å². The van der Waals surface area contributed by atoms with E-state index < -0.39 is 4.84 Å². The maximum absolute atomic E-state index is 11.2. The Morgan fingerprint density at radius 1 is 1.31 bits per heavy atom. The Labute approximate surface area is 86.4 Å². The van der Waals surface area contributed by atoms with E-state index in [0.29, 0.717) is 11.3 Å². The Kier molecular flexibility index (Phi) is 3.58. The van der Waals surface area contributed by atoms with Crippen molar-refractivity contribution in [3.8, 4) is 5.75 Å². The largest absolute Gasteiger partial charge is 0.497 e. The number of hydrogen-bond donors (Lipinski definition) is 0. The van der Waals surface area contributed by atoms with Gasteiger partial charge >= 0.3 is 0 Å². The highest BCUT2D eigenvalue weighted by molar-refractivity contribution is 6.55. The number of ether oxygens (including phenoxy) is 1. The molecule has 0 aromatic heterocycles. The molecule has 13 heavy (non-hydrogen) atoms. The molecule has 0 aliphatic carbocycles. The van der Waals surface area contributed by atoms with Crippen LogP contribution in [0.1, 0.15) is 10.4 Å². The highest BCUT2D eigenvalue weighted by Crippen LogP contribution is 2.15. The predicted octanol–water partition coefficient (Wildman–Crippen LogP) is 2.68. The van der Waals surface area contributed by atoms with Crippen molar-refractivity contribution in [2.75, 3.05) is 7.11 Å². The van der Waals surface area contributed by atoms with Gasteiger partial charge in [0.1, 0.15) is 5.75 Å². The normalized spacial score (nSPS) is 10.2. The maximum atomic E-state index is 11.2. The van der Waals surface area contributed by atoms with Crippen molar-refractivity contribution < 1.29 is 9.53 Å². The molecule has 1 aromatic carbocycles. The van der Waals surface area contributed by atoms with Gasteiger partial charge in [0.15, 0.2) is 10.6 Å². The smallest absolute Gasteiger partial charge is 0.195 e. The first-order valence-electron chi connectivity index (χ1n) is 3.61. The van der Waals surface area contributed by atoms with Crippen molar-refractivity contribution in [1.29, 1.82) is 0 Å². The molecule has 1 aromatic rings. The van der Waals surface area contributed by atoms with Crippen LogP contribution >= 0.6 is 23.2 Å². The van der Waals surface area contributed by atoms with Crippen LogP contribution in [0.4, 0.5) is 0 Å². The van der Waals surface area contributed by atoms with E-state index in [-0.39, 0.29) is 5.78 Å². The van der Waals surface area contributed by atoms with E-state index >= 15 is 0 Å². The molecule has 1 rings (SSSR count). The van der Waals surface area contributed by atoms with Crippen LogP contribution in [0.25, 0.3) is 0 Å². The molecule has 4 heteroatoms. The fraction of sp³-hybridized carbons (Fsp3) is 0.222. The summed E-state index contributed by atoms with van der Waals surface area (Å²) in [7, 11) is 1.56. The number of hydrogen-bond acceptors (Lipinski definition) is 2. The zero-order valence-corrected chi connectivity index (χ0v) is 8.47. The van der Waals surface area contributed by atoms with Crippen LogP contribution in [-0.4, -0.2) is 17.7 Å². The summed E-state index contributed by atoms with van der Waals surface area (Å²) in [4.78, 5) is 10.2. The number of methoxy groups -OCH3 is 1. The molecule has 0 aliphatic heterocycles. The highest BCUT2D eigenvalue weighted by atomic mass is 35.5. The highest BCUT2D eigenvalue weighted by Gasteiger charge is 2.13. The second kappa shape index (κ2) is 4.49. The molecule has 0 atom stereocenters. The molecule has 0 aliphatic rings. The van der Waals surface area contributed by atoms with Gasteiger partial charge < -0.3 is 4.74 Å². The van der Waals surface area contributed by atoms with Crippen molar-refractivity contribution in [3.63, 3.8) is 0 Å². The minimum absolute atomic E-state index is 0.300. The first-order valence-corrected chi connectivity index (χ1v) is 4.49. The average molecular weight is 219 g/mol. The Hall–Kier alpha value is -0.730. The summed E-state index contributed by atoms with van der Waals surface area (Å²) in [6.07, 6.45) is 0. The summed E-state index contributed by atoms with van der Waals surface area (Å²) < 4.78 is 4.93. The summed E-state index contributed by atoms with van der Waals surface area (Å²) in [6.45, 7) is 0. The lowest BCUT2D eigenvalue weighted by molar-refractivity contribution is 0.101. The van der Waals surface area contributed by atoms with Gasteiger partial charge in [0.25, 0.3) is 0 Å². The first kappa shape index (κ1) is 10.4. The van der Waals surface area contributed by atoms with Crippen molar-refractivity contribution >= 4 is 29.0 Å². The third-order valence-electron chi connectivity index (χ3n) is 1.57. The monoisotopic (exact) mass is 218 g/mol. The van der Waals surface area contributed by atoms with E-state index in [1.165, 1.54) is 0 Å². The molecule has 0 saturated carbocycles. The van der Waals surface area contributed by atoms with Gasteiger partial charge in [-0.2, -0.15) is 0 Å². The lowest BCUT2D eigenvalue weighted by Gasteiger charge is -2.02. The van der Waals surface area contributed by atoms with Gasteiger partial charge in [-0.15, -0.1) is 0 Å². The number of Topliss-reactive ketones (excluding diaryl/α,β-unsaturated/α-hetero) is 1. The van der Waals surface area contributed by atoms with Crippen molar-refractivity contribution in [3.05, 3.63) is 29.8 Å². The average Bonchev–Trinajstić information content (AvgIpc) is 2.17. The van der Waals surface area contributed by atoms with Gasteiger partial charge in [0, 0.05) is 5.56 Å². The minimum atomic E-state index is -1.01. The zero-order chi connectivity index (χ0) is 9.84. The van der Waals surface area contributed by atoms with Gasteiger partial charge in [-0.25, -0.2) is 0 Å². The SMILES string of the molecule is COc1ccc(C(=O)C(Cl)Cl)cc1. The van der Waals surface area contributed by atoms with E-state index in [1.807, 2.05) is 0 Å². The van der Waals surface area contributed by atoms with E-state index in [2.05, 4.69) is 0 Å². The van der Waals surface area contributed by atoms with E-state index in [1.54, 1.807) is 31.4 Å². The number of benzene rings is 1. The summed E-state index contributed by atoms with van der Waals surface area (Å²) in [6, 6.07) is 6.62. The Bertz CT molecular complexity index is 293. The van der Waals surface area contributed by atoms with Crippen LogP contribution in [-0.2, 0) is 0 Å². The van der Waals surface area contributed by atoms with Crippen molar-refractivity contribution in [2.24, 2.45) is 0 Å². The number of halogens is 2. The van der Waals surface area contributed by atoms with E-state index in [9.17, 15) is 4.79 Å². The van der Waals surface area contributed by atoms with E-state index in [0.717, 1.165) is 0 Å². The second-order valence-corrected chi connectivity index (χ2v) is 3.49. The fourth-order valence-electron chi connectivity index (χ4n) is 0.881. The van der Waals surface area contributed by atoms with Crippen LogP contribution in [0.3, 0.4) is 0 Å². The lowest BCUT2D eigenvalue weighted by atomic mass is 10.1. The van der Waals surface area contributed by atoms with Gasteiger partial charge in [-0.3, -0.25) is 4.79 Å². The lowest BCUT2D eigenvalue weighted by Crippen LogP contribution is -2.07. The second-order valence-electron chi connectivity index (χ2n) is 2.39. The molecule has 0 heterocycles. The first-order chi connectivity index (χ1) is 6.15. The number of ketones is 1. The molecular weight excluding hydrogens is 211 g/mol. The summed E-state index contributed by atoms with van der Waals surface area (Å²) in [5.74, 6) is 0.392. The minimum Gasteiger partial charge on any atom is -0.497 e. The van der Waals surface area contributed by atoms with Crippen LogP contribution in [0.15, 0.2) is 24.3 Å². The summed E-state index contributed by atoms with van der Waals surface area (Å²) in [5.41, 5.74) is 0.482. The van der Waals surface area contributed by atoms with Gasteiger partial charge in [-0.05, 0) is 24.3 Å². The standard InChI is InChI=1S/C9H8Cl2O2/c1-13-7-4-2-6(3-5-7)8(12)9(10)11/h2-5,9H,1H3. The molecule has 0 spiro atoms. The number of alkyl halides is 2. The molecule has 0 N–H and O–H groups in total. The van der Waals surface area contributed by atoms with Crippen LogP contribution in [0.2, 0.25) is 0 Å². The molecule has 0 fully saturated rings. The molecule has 0 bridgehead atoms. The summed E-state index contributed by atoms with van der Waals surface area (Å²) in [5, 5.41) is 0. The fourth-order valence-corrected chi connectivity index (χ4v) is 1.13. The number of carbonyl (C=O) groups excluding carboxylic acids is 1. The Morgan fingerprint density at radius 2 is 1.85 bits per heavy atom. The molecule has 0 amide bonds. The molecule has 70 valence electrons. The Morgan fingerprint density at radius 3 is 2.23 bits per heavy atom. The number of carbonyl (C=O) groups is 1. The van der Waals surface area contributed by atoms with Gasteiger partial charge in [-0.1, -0.05) is 23.2 Å². The molecule has 0 unspecified atom stereocenters. The quantitative estimate of drug-likeness (QED) is 0.577. The van der Waals surface area contributed by atoms with Crippen LogP contribution in [0.5, 0.6) is 5.75 Å². The maximum Gasteiger partial charge on any atom is 0.195 e. The molecule has 2 nitrogen and oxygen atoms in total. The Balaban J connectivity index is 2.86. The number of rotatable bonds is 3. The van der Waals surface area contributed by atoms with Gasteiger partial charge in [0.2, 0.25) is 0 Å². The van der Waals surface area contributed by atoms with Crippen LogP contribution < -0.4 is 4.74 Å². The van der Waals surface area contributed by atoms with Crippen molar-refractivity contribution in [1.82, 2.24) is 0 Å².